The molecule has 0 radical (unpaired) electrons. The number of hydrogen-bond acceptors (Lipinski definition) is 6. The Morgan fingerprint density at radius 3 is 2.61 bits per heavy atom. The van der Waals surface area contributed by atoms with Gasteiger partial charge in [0.1, 0.15) is 12.4 Å². The van der Waals surface area contributed by atoms with Gasteiger partial charge in [-0.3, -0.25) is 4.79 Å². The molecule has 0 bridgehead atoms. The molecular weight excluding hydrogens is 418 g/mol. The van der Waals surface area contributed by atoms with Gasteiger partial charge in [-0.25, -0.2) is 4.79 Å². The summed E-state index contributed by atoms with van der Waals surface area (Å²) >= 11 is 0. The van der Waals surface area contributed by atoms with Gasteiger partial charge in [-0.05, 0) is 38.2 Å². The van der Waals surface area contributed by atoms with Crippen LogP contribution in [0.1, 0.15) is 71.8 Å². The van der Waals surface area contributed by atoms with Crippen LogP contribution in [0.3, 0.4) is 0 Å². The standard InChI is InChI=1S/C27H37NO5/c1-6-8-13-32-22-12-10-9-11-19(22)24-23(26(30)33-15-14-31-7-2)18(3)28-20-16-27(4,5)17-21(29)25(20)24/h9-12,24,28H,6-8,13-17H2,1-5H3/t24-/m0/s1. The highest BCUT2D eigenvalue weighted by Gasteiger charge is 2.44. The van der Waals surface area contributed by atoms with Crippen molar-refractivity contribution in [2.24, 2.45) is 5.41 Å². The number of ether oxygens (including phenoxy) is 3. The number of ketones is 1. The van der Waals surface area contributed by atoms with Crippen LogP contribution >= 0.6 is 0 Å². The predicted octanol–water partition coefficient (Wildman–Crippen LogP) is 5.05. The van der Waals surface area contributed by atoms with Crippen molar-refractivity contribution in [3.63, 3.8) is 0 Å². The highest BCUT2D eigenvalue weighted by Crippen LogP contribution is 2.48. The zero-order valence-electron chi connectivity index (χ0n) is 20.6. The number of esters is 1. The summed E-state index contributed by atoms with van der Waals surface area (Å²) in [5, 5.41) is 3.37. The van der Waals surface area contributed by atoms with Crippen molar-refractivity contribution in [1.29, 1.82) is 0 Å². The highest BCUT2D eigenvalue weighted by molar-refractivity contribution is 6.04. The summed E-state index contributed by atoms with van der Waals surface area (Å²) in [5.74, 6) is -0.191. The Morgan fingerprint density at radius 1 is 1.12 bits per heavy atom. The number of allylic oxidation sites excluding steroid dienone is 3. The van der Waals surface area contributed by atoms with Gasteiger partial charge in [-0.15, -0.1) is 0 Å². The second kappa shape index (κ2) is 11.0. The molecule has 180 valence electrons. The number of benzene rings is 1. The quantitative estimate of drug-likeness (QED) is 0.393. The lowest BCUT2D eigenvalue weighted by Gasteiger charge is -2.39. The Hall–Kier alpha value is -2.60. The topological polar surface area (TPSA) is 73.9 Å². The third-order valence-electron chi connectivity index (χ3n) is 6.11. The molecule has 1 N–H and O–H groups in total. The summed E-state index contributed by atoms with van der Waals surface area (Å²) in [5.41, 5.74) is 3.42. The number of rotatable bonds is 10. The largest absolute Gasteiger partial charge is 0.493 e. The minimum Gasteiger partial charge on any atom is -0.493 e. The number of hydrogen-bond donors (Lipinski definition) is 1. The van der Waals surface area contributed by atoms with Crippen LogP contribution in [0.5, 0.6) is 5.75 Å². The van der Waals surface area contributed by atoms with E-state index in [0.29, 0.717) is 48.8 Å². The van der Waals surface area contributed by atoms with Gasteiger partial charge in [-0.2, -0.15) is 0 Å². The average molecular weight is 456 g/mol. The van der Waals surface area contributed by atoms with Crippen LogP contribution < -0.4 is 10.1 Å². The number of carbonyl (C=O) groups is 2. The molecule has 0 saturated heterocycles. The first-order valence-corrected chi connectivity index (χ1v) is 12.0. The van der Waals surface area contributed by atoms with E-state index < -0.39 is 11.9 Å². The summed E-state index contributed by atoms with van der Waals surface area (Å²) in [4.78, 5) is 26.7. The first-order valence-electron chi connectivity index (χ1n) is 12.0. The van der Waals surface area contributed by atoms with E-state index in [4.69, 9.17) is 14.2 Å². The van der Waals surface area contributed by atoms with Gasteiger partial charge in [0.05, 0.1) is 24.7 Å². The maximum absolute atomic E-state index is 13.4. The van der Waals surface area contributed by atoms with Crippen LogP contribution in [0.2, 0.25) is 0 Å². The molecule has 1 aromatic rings. The van der Waals surface area contributed by atoms with Crippen molar-refractivity contribution in [3.05, 3.63) is 52.4 Å². The highest BCUT2D eigenvalue weighted by atomic mass is 16.6. The molecule has 0 aromatic heterocycles. The van der Waals surface area contributed by atoms with Gasteiger partial charge < -0.3 is 19.5 Å². The molecule has 0 fully saturated rings. The molecule has 1 atom stereocenters. The molecule has 1 aromatic carbocycles. The summed E-state index contributed by atoms with van der Waals surface area (Å²) in [6.07, 6.45) is 3.14. The second-order valence-corrected chi connectivity index (χ2v) is 9.50. The van der Waals surface area contributed by atoms with Crippen LogP contribution in [0.15, 0.2) is 46.8 Å². The maximum atomic E-state index is 13.4. The number of para-hydroxylation sites is 1. The molecule has 1 aliphatic heterocycles. The van der Waals surface area contributed by atoms with Gasteiger partial charge in [0.25, 0.3) is 0 Å². The number of Topliss-reactive ketones (excluding diaryl/α,β-unsaturated/α-hetero) is 1. The minimum atomic E-state index is -0.526. The number of dihydropyridines is 1. The molecule has 1 heterocycles. The van der Waals surface area contributed by atoms with E-state index in [1.807, 2.05) is 38.1 Å². The first-order chi connectivity index (χ1) is 15.8. The Kier molecular flexibility index (Phi) is 8.35. The first kappa shape index (κ1) is 25.0. The van der Waals surface area contributed by atoms with Crippen LogP contribution in [-0.4, -0.2) is 38.2 Å². The molecule has 0 spiro atoms. The molecule has 6 nitrogen and oxygen atoms in total. The van der Waals surface area contributed by atoms with Crippen LogP contribution in [0, 0.1) is 5.41 Å². The molecule has 0 amide bonds. The van der Waals surface area contributed by atoms with Crippen LogP contribution in [0.25, 0.3) is 0 Å². The van der Waals surface area contributed by atoms with Crippen molar-refractivity contribution >= 4 is 11.8 Å². The van der Waals surface area contributed by atoms with Gasteiger partial charge in [-0.1, -0.05) is 45.4 Å². The van der Waals surface area contributed by atoms with Gasteiger partial charge in [0.2, 0.25) is 0 Å². The molecule has 1 aliphatic carbocycles. The molecular formula is C27H37NO5. The van der Waals surface area contributed by atoms with E-state index in [1.54, 1.807) is 0 Å². The van der Waals surface area contributed by atoms with Crippen molar-refractivity contribution < 1.29 is 23.8 Å². The monoisotopic (exact) mass is 455 g/mol. The lowest BCUT2D eigenvalue weighted by Crippen LogP contribution is -2.39. The van der Waals surface area contributed by atoms with Crippen LogP contribution in [0.4, 0.5) is 0 Å². The van der Waals surface area contributed by atoms with Crippen molar-refractivity contribution in [2.45, 2.75) is 66.2 Å². The number of unbranched alkanes of at least 4 members (excludes halogenated alkanes) is 1. The fourth-order valence-corrected chi connectivity index (χ4v) is 4.61. The molecule has 33 heavy (non-hydrogen) atoms. The second-order valence-electron chi connectivity index (χ2n) is 9.50. The molecule has 2 aliphatic rings. The summed E-state index contributed by atoms with van der Waals surface area (Å²) in [6, 6.07) is 7.71. The maximum Gasteiger partial charge on any atom is 0.336 e. The van der Waals surface area contributed by atoms with Crippen molar-refractivity contribution in [2.75, 3.05) is 26.4 Å². The Morgan fingerprint density at radius 2 is 1.88 bits per heavy atom. The van der Waals surface area contributed by atoms with E-state index in [-0.39, 0.29) is 17.8 Å². The lowest BCUT2D eigenvalue weighted by molar-refractivity contribution is -0.140. The Labute approximate surface area is 197 Å². The minimum absolute atomic E-state index is 0.0641. The Balaban J connectivity index is 2.05. The van der Waals surface area contributed by atoms with E-state index in [2.05, 4.69) is 26.1 Å². The fraction of sp³-hybridized carbons (Fsp3) is 0.556. The number of carbonyl (C=O) groups excluding carboxylic acids is 2. The zero-order valence-corrected chi connectivity index (χ0v) is 20.6. The predicted molar refractivity (Wildman–Crippen MR) is 128 cm³/mol. The van der Waals surface area contributed by atoms with Crippen molar-refractivity contribution in [3.8, 4) is 5.75 Å². The third-order valence-corrected chi connectivity index (χ3v) is 6.11. The summed E-state index contributed by atoms with van der Waals surface area (Å²) in [7, 11) is 0. The summed E-state index contributed by atoms with van der Waals surface area (Å²) in [6.45, 7) is 11.7. The van der Waals surface area contributed by atoms with Gasteiger partial charge in [0.15, 0.2) is 5.78 Å². The lowest BCUT2D eigenvalue weighted by atomic mass is 9.68. The molecule has 6 heteroatoms. The summed E-state index contributed by atoms with van der Waals surface area (Å²) < 4.78 is 17.0. The molecule has 0 saturated carbocycles. The number of nitrogens with one attached hydrogen (secondary N) is 1. The molecule has 3 rings (SSSR count). The van der Waals surface area contributed by atoms with E-state index in [0.717, 1.165) is 30.5 Å². The van der Waals surface area contributed by atoms with E-state index in [1.165, 1.54) is 0 Å². The normalized spacial score (nSPS) is 19.8. The van der Waals surface area contributed by atoms with Gasteiger partial charge >= 0.3 is 5.97 Å². The Bertz CT molecular complexity index is 944. The van der Waals surface area contributed by atoms with E-state index in [9.17, 15) is 9.59 Å². The molecule has 0 unspecified atom stereocenters. The average Bonchev–Trinajstić information content (AvgIpc) is 2.75. The smallest absolute Gasteiger partial charge is 0.336 e. The fourth-order valence-electron chi connectivity index (χ4n) is 4.61. The van der Waals surface area contributed by atoms with Gasteiger partial charge in [0, 0.05) is 35.6 Å². The van der Waals surface area contributed by atoms with Crippen LogP contribution in [-0.2, 0) is 19.1 Å². The zero-order chi connectivity index (χ0) is 24.0. The van der Waals surface area contributed by atoms with E-state index >= 15 is 0 Å². The SMILES string of the molecule is CCCCOc1ccccc1[C@H]1C(C(=O)OCCOCC)=C(C)NC2=C1C(=O)CC(C)(C)C2. The third kappa shape index (κ3) is 5.85. The van der Waals surface area contributed by atoms with Crippen molar-refractivity contribution in [1.82, 2.24) is 5.32 Å².